The molecule has 1 N–H and O–H groups in total. The zero-order valence-electron chi connectivity index (χ0n) is 15.5. The molecular weight excluding hydrogens is 348 g/mol. The molecule has 2 aromatic carbocycles. The number of nitrogens with one attached hydrogen (secondary N) is 1. The van der Waals surface area contributed by atoms with Crippen molar-refractivity contribution in [2.45, 2.75) is 12.5 Å². The molecule has 1 saturated heterocycles. The Balaban J connectivity index is 1.70. The van der Waals surface area contributed by atoms with Crippen LogP contribution in [0.2, 0.25) is 0 Å². The minimum atomic E-state index is -0.274. The number of methoxy groups -OCH3 is 3. The molecule has 0 bridgehead atoms. The first-order chi connectivity index (χ1) is 13.0. The number of ether oxygens (including phenoxy) is 3. The summed E-state index contributed by atoms with van der Waals surface area (Å²) in [5.41, 5.74) is 1.20. The molecule has 0 aromatic heterocycles. The van der Waals surface area contributed by atoms with Crippen LogP contribution in [0.1, 0.15) is 16.8 Å². The minimum absolute atomic E-state index is 0.0409. The summed E-state index contributed by atoms with van der Waals surface area (Å²) in [4.78, 5) is 26.6. The Morgan fingerprint density at radius 1 is 1.04 bits per heavy atom. The van der Waals surface area contributed by atoms with E-state index < -0.39 is 0 Å². The molecule has 27 heavy (non-hydrogen) atoms. The van der Waals surface area contributed by atoms with E-state index in [0.29, 0.717) is 29.4 Å². The van der Waals surface area contributed by atoms with Crippen LogP contribution < -0.4 is 24.4 Å². The van der Waals surface area contributed by atoms with Crippen LogP contribution in [0.3, 0.4) is 0 Å². The predicted molar refractivity (Wildman–Crippen MR) is 101 cm³/mol. The number of amides is 2. The molecule has 1 aliphatic rings. The normalized spacial score (nSPS) is 16.2. The van der Waals surface area contributed by atoms with Gasteiger partial charge in [-0.3, -0.25) is 9.59 Å². The van der Waals surface area contributed by atoms with Crippen molar-refractivity contribution in [1.29, 1.82) is 0 Å². The predicted octanol–water partition coefficient (Wildman–Crippen LogP) is 2.25. The zero-order chi connectivity index (χ0) is 19.4. The fourth-order valence-electron chi connectivity index (χ4n) is 3.08. The number of carbonyl (C=O) groups excluding carboxylic acids is 2. The molecule has 1 atom stereocenters. The van der Waals surface area contributed by atoms with Gasteiger partial charge < -0.3 is 24.4 Å². The van der Waals surface area contributed by atoms with Gasteiger partial charge in [0.2, 0.25) is 5.91 Å². The summed E-state index contributed by atoms with van der Waals surface area (Å²) >= 11 is 0. The van der Waals surface area contributed by atoms with E-state index in [1.807, 2.05) is 18.2 Å². The van der Waals surface area contributed by atoms with Crippen molar-refractivity contribution in [3.8, 4) is 17.2 Å². The monoisotopic (exact) mass is 370 g/mol. The van der Waals surface area contributed by atoms with Gasteiger partial charge in [-0.05, 0) is 30.3 Å². The Morgan fingerprint density at radius 3 is 2.52 bits per heavy atom. The molecule has 7 nitrogen and oxygen atoms in total. The van der Waals surface area contributed by atoms with Crippen molar-refractivity contribution in [2.24, 2.45) is 0 Å². The van der Waals surface area contributed by atoms with Crippen LogP contribution >= 0.6 is 0 Å². The van der Waals surface area contributed by atoms with Crippen LogP contribution in [-0.2, 0) is 4.79 Å². The van der Waals surface area contributed by atoms with Crippen molar-refractivity contribution in [2.75, 3.05) is 32.8 Å². The summed E-state index contributed by atoms with van der Waals surface area (Å²) in [6, 6.07) is 12.0. The Kier molecular flexibility index (Phi) is 5.49. The second kappa shape index (κ2) is 7.99. The molecule has 142 valence electrons. The number of hydrogen-bond donors (Lipinski definition) is 1. The lowest BCUT2D eigenvalue weighted by molar-refractivity contribution is -0.117. The fraction of sp³-hybridized carbons (Fsp3) is 0.300. The van der Waals surface area contributed by atoms with Crippen molar-refractivity contribution >= 4 is 17.5 Å². The van der Waals surface area contributed by atoms with Crippen molar-refractivity contribution in [3.63, 3.8) is 0 Å². The Hall–Kier alpha value is -3.22. The number of benzene rings is 2. The molecule has 1 heterocycles. The third-order valence-corrected chi connectivity index (χ3v) is 4.47. The SMILES string of the molecule is COc1cccc(N2C[C@@H](NC(=O)c3ccc(OC)c(OC)c3)CC2=O)c1. The first-order valence-electron chi connectivity index (χ1n) is 8.53. The Morgan fingerprint density at radius 2 is 1.81 bits per heavy atom. The number of hydrogen-bond acceptors (Lipinski definition) is 5. The van der Waals surface area contributed by atoms with E-state index in [4.69, 9.17) is 14.2 Å². The lowest BCUT2D eigenvalue weighted by atomic mass is 10.1. The zero-order valence-corrected chi connectivity index (χ0v) is 15.5. The van der Waals surface area contributed by atoms with Crippen molar-refractivity contribution in [1.82, 2.24) is 5.32 Å². The highest BCUT2D eigenvalue weighted by Gasteiger charge is 2.32. The van der Waals surface area contributed by atoms with Gasteiger partial charge in [0.15, 0.2) is 11.5 Å². The summed E-state index contributed by atoms with van der Waals surface area (Å²) in [5.74, 6) is 1.40. The van der Waals surface area contributed by atoms with E-state index in [-0.39, 0.29) is 24.3 Å². The Bertz CT molecular complexity index is 852. The van der Waals surface area contributed by atoms with Gasteiger partial charge in [-0.15, -0.1) is 0 Å². The molecule has 0 unspecified atom stereocenters. The average Bonchev–Trinajstić information content (AvgIpc) is 3.07. The molecule has 0 radical (unpaired) electrons. The summed E-state index contributed by atoms with van der Waals surface area (Å²) < 4.78 is 15.6. The highest BCUT2D eigenvalue weighted by Crippen LogP contribution is 2.28. The molecule has 0 aliphatic carbocycles. The van der Waals surface area contributed by atoms with E-state index >= 15 is 0 Å². The van der Waals surface area contributed by atoms with Crippen LogP contribution in [-0.4, -0.2) is 45.7 Å². The molecule has 0 spiro atoms. The third kappa shape index (κ3) is 3.97. The number of anilines is 1. The fourth-order valence-corrected chi connectivity index (χ4v) is 3.08. The second-order valence-corrected chi connectivity index (χ2v) is 6.15. The van der Waals surface area contributed by atoms with Gasteiger partial charge >= 0.3 is 0 Å². The maximum atomic E-state index is 12.6. The summed E-state index contributed by atoms with van der Waals surface area (Å²) in [6.07, 6.45) is 0.246. The van der Waals surface area contributed by atoms with E-state index in [0.717, 1.165) is 5.69 Å². The minimum Gasteiger partial charge on any atom is -0.497 e. The molecule has 2 amide bonds. The first kappa shape index (κ1) is 18.6. The molecule has 0 saturated carbocycles. The van der Waals surface area contributed by atoms with Gasteiger partial charge in [0.25, 0.3) is 5.91 Å². The average molecular weight is 370 g/mol. The first-order valence-corrected chi connectivity index (χ1v) is 8.53. The van der Waals surface area contributed by atoms with Gasteiger partial charge in [-0.2, -0.15) is 0 Å². The number of carbonyl (C=O) groups is 2. The van der Waals surface area contributed by atoms with Crippen LogP contribution in [0.25, 0.3) is 0 Å². The van der Waals surface area contributed by atoms with E-state index in [9.17, 15) is 9.59 Å². The molecule has 1 fully saturated rings. The van der Waals surface area contributed by atoms with Crippen LogP contribution in [0.5, 0.6) is 17.2 Å². The standard InChI is InChI=1S/C20H22N2O5/c1-25-16-6-4-5-15(11-16)22-12-14(10-19(22)23)21-20(24)13-7-8-17(26-2)18(9-13)27-3/h4-9,11,14H,10,12H2,1-3H3,(H,21,24)/t14-/m0/s1. The maximum Gasteiger partial charge on any atom is 0.251 e. The molecule has 2 aromatic rings. The number of nitrogens with zero attached hydrogens (tertiary/aromatic N) is 1. The van der Waals surface area contributed by atoms with E-state index in [2.05, 4.69) is 5.32 Å². The highest BCUT2D eigenvalue weighted by atomic mass is 16.5. The number of rotatable bonds is 6. The second-order valence-electron chi connectivity index (χ2n) is 6.15. The summed E-state index contributed by atoms with van der Waals surface area (Å²) in [7, 11) is 4.63. The molecule has 3 rings (SSSR count). The third-order valence-electron chi connectivity index (χ3n) is 4.47. The lowest BCUT2D eigenvalue weighted by Gasteiger charge is -2.18. The highest BCUT2D eigenvalue weighted by molar-refractivity contribution is 5.99. The topological polar surface area (TPSA) is 77.1 Å². The van der Waals surface area contributed by atoms with Crippen LogP contribution in [0.15, 0.2) is 42.5 Å². The summed E-state index contributed by atoms with van der Waals surface area (Å²) in [5, 5.41) is 2.91. The van der Waals surface area contributed by atoms with Crippen molar-refractivity contribution in [3.05, 3.63) is 48.0 Å². The van der Waals surface area contributed by atoms with Crippen LogP contribution in [0, 0.1) is 0 Å². The van der Waals surface area contributed by atoms with Gasteiger partial charge in [0.1, 0.15) is 5.75 Å². The van der Waals surface area contributed by atoms with Gasteiger partial charge in [0.05, 0.1) is 27.4 Å². The smallest absolute Gasteiger partial charge is 0.251 e. The quantitative estimate of drug-likeness (QED) is 0.844. The van der Waals surface area contributed by atoms with E-state index in [1.165, 1.54) is 14.2 Å². The molecule has 1 aliphatic heterocycles. The molecule has 7 heteroatoms. The van der Waals surface area contributed by atoms with Gasteiger partial charge in [-0.1, -0.05) is 6.07 Å². The van der Waals surface area contributed by atoms with Gasteiger partial charge in [0, 0.05) is 30.3 Å². The maximum absolute atomic E-state index is 12.6. The molecular formula is C20H22N2O5. The van der Waals surface area contributed by atoms with Gasteiger partial charge in [-0.25, -0.2) is 0 Å². The van der Waals surface area contributed by atoms with Crippen LogP contribution in [0.4, 0.5) is 5.69 Å². The van der Waals surface area contributed by atoms with E-state index in [1.54, 1.807) is 36.3 Å². The Labute approximate surface area is 157 Å². The summed E-state index contributed by atoms with van der Waals surface area (Å²) in [6.45, 7) is 0.408. The van der Waals surface area contributed by atoms with Crippen molar-refractivity contribution < 1.29 is 23.8 Å². The largest absolute Gasteiger partial charge is 0.497 e. The lowest BCUT2D eigenvalue weighted by Crippen LogP contribution is -2.37.